The summed E-state index contributed by atoms with van der Waals surface area (Å²) in [4.78, 5) is 20.6. The number of nitrogens with one attached hydrogen (secondary N) is 1. The molecule has 23 heavy (non-hydrogen) atoms. The summed E-state index contributed by atoms with van der Waals surface area (Å²) in [6.07, 6.45) is 1.42. The van der Waals surface area contributed by atoms with Gasteiger partial charge in [-0.3, -0.25) is 14.9 Å². The summed E-state index contributed by atoms with van der Waals surface area (Å²) in [6, 6.07) is 3.18. The molecule has 1 aliphatic carbocycles. The van der Waals surface area contributed by atoms with Gasteiger partial charge in [-0.05, 0) is 31.7 Å². The first-order chi connectivity index (χ1) is 10.7. The molecule has 8 nitrogen and oxygen atoms in total. The van der Waals surface area contributed by atoms with Gasteiger partial charge >= 0.3 is 5.97 Å². The molecular formula is C13H15ClN2O6S. The zero-order valence-electron chi connectivity index (χ0n) is 11.9. The third-order valence-corrected chi connectivity index (χ3v) is 5.85. The number of carbonyl (C=O) groups is 1. The highest BCUT2D eigenvalue weighted by Crippen LogP contribution is 2.32. The fourth-order valence-electron chi connectivity index (χ4n) is 2.64. The summed E-state index contributed by atoms with van der Waals surface area (Å²) < 4.78 is 27.3. The zero-order valence-corrected chi connectivity index (χ0v) is 13.5. The predicted octanol–water partition coefficient (Wildman–Crippen LogP) is 2.17. The minimum absolute atomic E-state index is 0.231. The molecule has 126 valence electrons. The molecule has 0 spiro atoms. The Balaban J connectivity index is 2.21. The smallest absolute Gasteiger partial charge is 0.306 e. The van der Waals surface area contributed by atoms with Crippen molar-refractivity contribution < 1.29 is 23.2 Å². The molecule has 1 aromatic carbocycles. The molecule has 1 aliphatic rings. The van der Waals surface area contributed by atoms with Gasteiger partial charge in [0, 0.05) is 12.1 Å². The Morgan fingerprint density at radius 1 is 1.30 bits per heavy atom. The van der Waals surface area contributed by atoms with Crippen LogP contribution in [0.15, 0.2) is 23.1 Å². The van der Waals surface area contributed by atoms with E-state index in [-0.39, 0.29) is 5.02 Å². The molecule has 2 rings (SSSR count). The van der Waals surface area contributed by atoms with Crippen molar-refractivity contribution in [3.8, 4) is 0 Å². The highest BCUT2D eigenvalue weighted by Gasteiger charge is 2.33. The highest BCUT2D eigenvalue weighted by molar-refractivity contribution is 7.89. The average Bonchev–Trinajstić information content (AvgIpc) is 2.46. The lowest BCUT2D eigenvalue weighted by atomic mass is 9.87. The zero-order chi connectivity index (χ0) is 17.2. The van der Waals surface area contributed by atoms with Crippen LogP contribution < -0.4 is 4.72 Å². The second-order valence-electron chi connectivity index (χ2n) is 5.35. The number of carboxylic acid groups (broad SMARTS) is 1. The van der Waals surface area contributed by atoms with E-state index < -0.39 is 43.5 Å². The first-order valence-electron chi connectivity index (χ1n) is 6.90. The van der Waals surface area contributed by atoms with Gasteiger partial charge in [0.15, 0.2) is 4.90 Å². The molecule has 1 fully saturated rings. The van der Waals surface area contributed by atoms with Crippen molar-refractivity contribution in [3.05, 3.63) is 33.3 Å². The van der Waals surface area contributed by atoms with E-state index in [9.17, 15) is 23.3 Å². The molecule has 1 saturated carbocycles. The Morgan fingerprint density at radius 3 is 2.43 bits per heavy atom. The second kappa shape index (κ2) is 6.81. The van der Waals surface area contributed by atoms with Crippen LogP contribution >= 0.6 is 11.6 Å². The number of aliphatic carboxylic acids is 1. The van der Waals surface area contributed by atoms with Gasteiger partial charge in [0.1, 0.15) is 0 Å². The monoisotopic (exact) mass is 362 g/mol. The number of hydrogen-bond acceptors (Lipinski definition) is 5. The minimum atomic E-state index is -4.18. The largest absolute Gasteiger partial charge is 0.481 e. The van der Waals surface area contributed by atoms with Crippen LogP contribution in [0.5, 0.6) is 0 Å². The van der Waals surface area contributed by atoms with Crippen molar-refractivity contribution in [3.63, 3.8) is 0 Å². The van der Waals surface area contributed by atoms with Gasteiger partial charge in [-0.1, -0.05) is 17.7 Å². The molecule has 0 atom stereocenters. The summed E-state index contributed by atoms with van der Waals surface area (Å²) in [5, 5.41) is 19.7. The number of nitro groups is 1. The first kappa shape index (κ1) is 17.6. The van der Waals surface area contributed by atoms with Gasteiger partial charge in [-0.15, -0.1) is 0 Å². The number of nitrogens with zero attached hydrogens (tertiary/aromatic N) is 1. The molecule has 2 N–H and O–H groups in total. The summed E-state index contributed by atoms with van der Waals surface area (Å²) in [5.41, 5.74) is -0.593. The molecule has 0 unspecified atom stereocenters. The number of nitro benzene ring substituents is 1. The van der Waals surface area contributed by atoms with Crippen molar-refractivity contribution in [2.75, 3.05) is 0 Å². The van der Waals surface area contributed by atoms with Gasteiger partial charge in [-0.2, -0.15) is 0 Å². The van der Waals surface area contributed by atoms with Crippen LogP contribution in [0.1, 0.15) is 25.7 Å². The Morgan fingerprint density at radius 2 is 1.91 bits per heavy atom. The molecule has 0 aromatic heterocycles. The second-order valence-corrected chi connectivity index (χ2v) is 7.41. The van der Waals surface area contributed by atoms with E-state index in [1.54, 1.807) is 0 Å². The van der Waals surface area contributed by atoms with E-state index in [4.69, 9.17) is 16.7 Å². The van der Waals surface area contributed by atoms with Gasteiger partial charge in [0.2, 0.25) is 10.0 Å². The maximum atomic E-state index is 12.4. The van der Waals surface area contributed by atoms with Crippen LogP contribution in [0.3, 0.4) is 0 Å². The summed E-state index contributed by atoms with van der Waals surface area (Å²) >= 11 is 5.84. The molecule has 0 radical (unpaired) electrons. The van der Waals surface area contributed by atoms with Gasteiger partial charge in [0.25, 0.3) is 5.69 Å². The molecule has 0 saturated heterocycles. The van der Waals surface area contributed by atoms with Crippen LogP contribution in [-0.2, 0) is 14.8 Å². The summed E-state index contributed by atoms with van der Waals surface area (Å²) in [6.45, 7) is 0. The van der Waals surface area contributed by atoms with Crippen molar-refractivity contribution in [2.45, 2.75) is 36.6 Å². The fourth-order valence-corrected chi connectivity index (χ4v) is 4.65. The predicted molar refractivity (Wildman–Crippen MR) is 81.8 cm³/mol. The molecule has 0 bridgehead atoms. The van der Waals surface area contributed by atoms with Crippen LogP contribution in [0.4, 0.5) is 5.69 Å². The molecule has 0 amide bonds. The number of hydrogen-bond donors (Lipinski definition) is 2. The third kappa shape index (κ3) is 3.98. The standard InChI is InChI=1S/C13H15ClN2O6S/c14-10-2-1-3-11(16(19)20)12(10)23(21,22)15-9-6-4-8(5-7-9)13(17)18/h1-3,8-9,15H,4-7H2,(H,17,18). The number of sulfonamides is 1. The molecule has 0 heterocycles. The van der Waals surface area contributed by atoms with Crippen LogP contribution in [0.25, 0.3) is 0 Å². The molecule has 0 aliphatic heterocycles. The average molecular weight is 363 g/mol. The van der Waals surface area contributed by atoms with Crippen LogP contribution in [0.2, 0.25) is 5.02 Å². The lowest BCUT2D eigenvalue weighted by molar-refractivity contribution is -0.387. The van der Waals surface area contributed by atoms with E-state index >= 15 is 0 Å². The van der Waals surface area contributed by atoms with Gasteiger partial charge in [0.05, 0.1) is 15.9 Å². The van der Waals surface area contributed by atoms with E-state index in [1.165, 1.54) is 12.1 Å². The quantitative estimate of drug-likeness (QED) is 0.610. The van der Waals surface area contributed by atoms with Crippen molar-refractivity contribution >= 4 is 33.3 Å². The molecular weight excluding hydrogens is 348 g/mol. The number of benzene rings is 1. The fraction of sp³-hybridized carbons (Fsp3) is 0.462. The van der Waals surface area contributed by atoms with E-state index in [2.05, 4.69) is 4.72 Å². The van der Waals surface area contributed by atoms with Crippen LogP contribution in [-0.4, -0.2) is 30.5 Å². The Kier molecular flexibility index (Phi) is 5.23. The number of halogens is 1. The SMILES string of the molecule is O=C(O)C1CCC(NS(=O)(=O)c2c(Cl)cccc2[N+](=O)[O-])CC1. The van der Waals surface area contributed by atoms with Crippen molar-refractivity contribution in [1.82, 2.24) is 4.72 Å². The first-order valence-corrected chi connectivity index (χ1v) is 8.76. The van der Waals surface area contributed by atoms with E-state index in [0.29, 0.717) is 25.7 Å². The Hall–Kier alpha value is -1.71. The minimum Gasteiger partial charge on any atom is -0.481 e. The normalized spacial score (nSPS) is 21.8. The summed E-state index contributed by atoms with van der Waals surface area (Å²) in [5.74, 6) is -1.38. The maximum absolute atomic E-state index is 12.4. The van der Waals surface area contributed by atoms with Crippen molar-refractivity contribution in [2.24, 2.45) is 5.92 Å². The summed E-state index contributed by atoms with van der Waals surface area (Å²) in [7, 11) is -4.18. The number of carboxylic acids is 1. The third-order valence-electron chi connectivity index (χ3n) is 3.81. The lowest BCUT2D eigenvalue weighted by Crippen LogP contribution is -2.39. The molecule has 10 heteroatoms. The number of rotatable bonds is 5. The lowest BCUT2D eigenvalue weighted by Gasteiger charge is -2.26. The highest BCUT2D eigenvalue weighted by atomic mass is 35.5. The van der Waals surface area contributed by atoms with Crippen LogP contribution in [0, 0.1) is 16.0 Å². The maximum Gasteiger partial charge on any atom is 0.306 e. The molecule has 1 aromatic rings. The Bertz CT molecular complexity index is 728. The van der Waals surface area contributed by atoms with Crippen molar-refractivity contribution in [1.29, 1.82) is 0 Å². The Labute approximate surface area is 137 Å². The van der Waals surface area contributed by atoms with E-state index in [1.807, 2.05) is 0 Å². The van der Waals surface area contributed by atoms with E-state index in [0.717, 1.165) is 6.07 Å². The van der Waals surface area contributed by atoms with Gasteiger partial charge in [-0.25, -0.2) is 13.1 Å². The van der Waals surface area contributed by atoms with Gasteiger partial charge < -0.3 is 5.11 Å². The topological polar surface area (TPSA) is 127 Å².